The first-order valence-electron chi connectivity index (χ1n) is 6.35. The standard InChI is InChI=1S/C10H13N6O6P/c11-8-5-9(13-3-12-8)16(15-14-5)10-7(18)6(17)4(22-10)1-2-23(19,20)21/h1-4,6-7,10,17-18H,(H2,11,12,13)(H2,19,20,21)/b2-1+/t4-,6-,7-,10-/m1/s1. The van der Waals surface area contributed by atoms with E-state index in [1.807, 2.05) is 0 Å². The van der Waals surface area contributed by atoms with Gasteiger partial charge < -0.3 is 30.5 Å². The summed E-state index contributed by atoms with van der Waals surface area (Å²) in [6.45, 7) is 0. The molecular formula is C10H13N6O6P. The fourth-order valence-electron chi connectivity index (χ4n) is 2.20. The Morgan fingerprint density at radius 2 is 2.04 bits per heavy atom. The highest BCUT2D eigenvalue weighted by Gasteiger charge is 2.44. The van der Waals surface area contributed by atoms with Gasteiger partial charge in [-0.25, -0.2) is 9.97 Å². The van der Waals surface area contributed by atoms with Gasteiger partial charge in [-0.3, -0.25) is 4.57 Å². The molecule has 2 aromatic rings. The van der Waals surface area contributed by atoms with Crippen LogP contribution in [0.1, 0.15) is 6.23 Å². The number of hydrogen-bond acceptors (Lipinski definition) is 9. The highest BCUT2D eigenvalue weighted by atomic mass is 31.2. The van der Waals surface area contributed by atoms with Crippen molar-refractivity contribution in [1.82, 2.24) is 25.0 Å². The highest BCUT2D eigenvalue weighted by molar-refractivity contribution is 7.55. The molecule has 0 radical (unpaired) electrons. The molecule has 13 heteroatoms. The van der Waals surface area contributed by atoms with Crippen LogP contribution in [0.15, 0.2) is 18.2 Å². The molecule has 1 aliphatic heterocycles. The van der Waals surface area contributed by atoms with Crippen molar-refractivity contribution in [2.45, 2.75) is 24.5 Å². The van der Waals surface area contributed by atoms with Gasteiger partial charge >= 0.3 is 7.60 Å². The molecule has 0 saturated carbocycles. The van der Waals surface area contributed by atoms with E-state index in [0.717, 1.165) is 10.8 Å². The second-order valence-electron chi connectivity index (χ2n) is 4.87. The van der Waals surface area contributed by atoms with Crippen LogP contribution < -0.4 is 5.73 Å². The Balaban J connectivity index is 1.93. The van der Waals surface area contributed by atoms with E-state index in [4.69, 9.17) is 20.3 Å². The van der Waals surface area contributed by atoms with Gasteiger partial charge in [0.25, 0.3) is 0 Å². The van der Waals surface area contributed by atoms with Crippen LogP contribution in [-0.4, -0.2) is 63.3 Å². The van der Waals surface area contributed by atoms with Crippen LogP contribution in [0.25, 0.3) is 11.2 Å². The van der Waals surface area contributed by atoms with E-state index in [2.05, 4.69) is 20.3 Å². The lowest BCUT2D eigenvalue weighted by atomic mass is 10.1. The van der Waals surface area contributed by atoms with Crippen LogP contribution in [0.5, 0.6) is 0 Å². The molecule has 0 spiro atoms. The second-order valence-corrected chi connectivity index (χ2v) is 6.34. The summed E-state index contributed by atoms with van der Waals surface area (Å²) in [6, 6.07) is 0. The van der Waals surface area contributed by atoms with E-state index in [1.54, 1.807) is 0 Å². The van der Waals surface area contributed by atoms with E-state index < -0.39 is 32.1 Å². The van der Waals surface area contributed by atoms with Crippen molar-refractivity contribution in [1.29, 1.82) is 0 Å². The SMILES string of the molecule is Nc1ncnc2c1nnn2[C@@H]1O[C@H](/C=C/P(=O)(O)O)[C@@H](O)[C@H]1O. The molecule has 0 amide bonds. The molecule has 3 heterocycles. The minimum atomic E-state index is -4.42. The molecule has 4 atom stereocenters. The third kappa shape index (κ3) is 2.95. The zero-order valence-electron chi connectivity index (χ0n) is 11.4. The van der Waals surface area contributed by atoms with Gasteiger partial charge in [0.15, 0.2) is 23.2 Å². The Kier molecular flexibility index (Phi) is 3.88. The zero-order valence-corrected chi connectivity index (χ0v) is 12.3. The molecule has 0 aliphatic carbocycles. The summed E-state index contributed by atoms with van der Waals surface area (Å²) in [6.07, 6.45) is -2.96. The number of rotatable bonds is 3. The quantitative estimate of drug-likeness (QED) is 0.391. The van der Waals surface area contributed by atoms with Crippen molar-refractivity contribution in [2.24, 2.45) is 0 Å². The fraction of sp³-hybridized carbons (Fsp3) is 0.400. The number of anilines is 1. The Labute approximate surface area is 128 Å². The van der Waals surface area contributed by atoms with E-state index in [1.165, 1.54) is 6.33 Å². The van der Waals surface area contributed by atoms with Gasteiger partial charge in [0.1, 0.15) is 24.6 Å². The van der Waals surface area contributed by atoms with Crippen molar-refractivity contribution in [3.8, 4) is 0 Å². The Morgan fingerprint density at radius 1 is 1.30 bits per heavy atom. The normalized spacial score (nSPS) is 28.9. The summed E-state index contributed by atoms with van der Waals surface area (Å²) < 4.78 is 17.4. The number of nitrogens with two attached hydrogens (primary N) is 1. The molecule has 124 valence electrons. The monoisotopic (exact) mass is 344 g/mol. The molecular weight excluding hydrogens is 331 g/mol. The lowest BCUT2D eigenvalue weighted by Gasteiger charge is -2.14. The van der Waals surface area contributed by atoms with Gasteiger partial charge in [-0.05, 0) is 6.08 Å². The summed E-state index contributed by atoms with van der Waals surface area (Å²) in [7, 11) is -4.42. The topological polar surface area (TPSA) is 190 Å². The number of aliphatic hydroxyl groups is 2. The largest absolute Gasteiger partial charge is 0.387 e. The van der Waals surface area contributed by atoms with Crippen LogP contribution in [0.4, 0.5) is 5.82 Å². The number of nitrogen functional groups attached to an aromatic ring is 1. The minimum absolute atomic E-state index is 0.0900. The maximum absolute atomic E-state index is 10.8. The first kappa shape index (κ1) is 15.9. The Hall–Kier alpha value is -1.95. The van der Waals surface area contributed by atoms with E-state index in [0.29, 0.717) is 5.82 Å². The third-order valence-corrected chi connectivity index (χ3v) is 3.84. The number of fused-ring (bicyclic) bond motifs is 1. The molecule has 0 bridgehead atoms. The first-order valence-corrected chi connectivity index (χ1v) is 8.03. The predicted molar refractivity (Wildman–Crippen MR) is 74.6 cm³/mol. The smallest absolute Gasteiger partial charge is 0.348 e. The van der Waals surface area contributed by atoms with Gasteiger partial charge in [-0.15, -0.1) is 5.10 Å². The molecule has 12 nitrogen and oxygen atoms in total. The van der Waals surface area contributed by atoms with Crippen molar-refractivity contribution >= 4 is 24.6 Å². The van der Waals surface area contributed by atoms with Crippen LogP contribution >= 0.6 is 7.60 Å². The predicted octanol–water partition coefficient (Wildman–Crippen LogP) is -1.89. The summed E-state index contributed by atoms with van der Waals surface area (Å²) in [4.78, 5) is 25.3. The maximum atomic E-state index is 10.8. The molecule has 6 N–H and O–H groups in total. The van der Waals surface area contributed by atoms with Crippen molar-refractivity contribution in [3.05, 3.63) is 18.2 Å². The third-order valence-electron chi connectivity index (χ3n) is 3.28. The van der Waals surface area contributed by atoms with Crippen LogP contribution in [0, 0.1) is 0 Å². The van der Waals surface area contributed by atoms with Gasteiger partial charge in [0.2, 0.25) is 0 Å². The molecule has 23 heavy (non-hydrogen) atoms. The molecule has 0 unspecified atom stereocenters. The number of aliphatic hydroxyl groups excluding tert-OH is 2. The highest BCUT2D eigenvalue weighted by Crippen LogP contribution is 2.38. The first-order chi connectivity index (χ1) is 10.8. The van der Waals surface area contributed by atoms with Gasteiger partial charge in [0, 0.05) is 5.82 Å². The van der Waals surface area contributed by atoms with E-state index in [9.17, 15) is 14.8 Å². The van der Waals surface area contributed by atoms with Crippen molar-refractivity contribution < 1.29 is 29.3 Å². The summed E-state index contributed by atoms with van der Waals surface area (Å²) in [5.74, 6) is 0.683. The molecule has 1 fully saturated rings. The van der Waals surface area contributed by atoms with Crippen LogP contribution in [-0.2, 0) is 9.30 Å². The van der Waals surface area contributed by atoms with E-state index in [-0.39, 0.29) is 17.0 Å². The summed E-state index contributed by atoms with van der Waals surface area (Å²) >= 11 is 0. The Morgan fingerprint density at radius 3 is 2.74 bits per heavy atom. The molecule has 1 aliphatic rings. The lowest BCUT2D eigenvalue weighted by Crippen LogP contribution is -2.31. The van der Waals surface area contributed by atoms with Crippen molar-refractivity contribution in [3.63, 3.8) is 0 Å². The number of nitrogens with zero attached hydrogens (tertiary/aromatic N) is 5. The maximum Gasteiger partial charge on any atom is 0.348 e. The van der Waals surface area contributed by atoms with Crippen LogP contribution in [0.3, 0.4) is 0 Å². The average molecular weight is 344 g/mol. The van der Waals surface area contributed by atoms with Crippen molar-refractivity contribution in [2.75, 3.05) is 5.73 Å². The van der Waals surface area contributed by atoms with Crippen LogP contribution in [0.2, 0.25) is 0 Å². The zero-order chi connectivity index (χ0) is 16.8. The second kappa shape index (κ2) is 5.60. The fourth-order valence-corrected chi connectivity index (χ4v) is 2.59. The molecule has 0 aromatic carbocycles. The average Bonchev–Trinajstić information content (AvgIpc) is 3.01. The number of hydrogen-bond donors (Lipinski definition) is 5. The summed E-state index contributed by atoms with van der Waals surface area (Å²) in [5, 5.41) is 27.6. The van der Waals surface area contributed by atoms with E-state index >= 15 is 0 Å². The number of aromatic nitrogens is 5. The number of ether oxygens (including phenoxy) is 1. The molecule has 2 aromatic heterocycles. The minimum Gasteiger partial charge on any atom is -0.387 e. The van der Waals surface area contributed by atoms with Gasteiger partial charge in [-0.2, -0.15) is 4.68 Å². The van der Waals surface area contributed by atoms with Gasteiger partial charge in [-0.1, -0.05) is 5.21 Å². The summed E-state index contributed by atoms with van der Waals surface area (Å²) in [5.41, 5.74) is 6.02. The molecule has 3 rings (SSSR count). The van der Waals surface area contributed by atoms with Gasteiger partial charge in [0.05, 0.1) is 0 Å². The Bertz CT molecular complexity index is 804. The molecule has 1 saturated heterocycles. The lowest BCUT2D eigenvalue weighted by molar-refractivity contribution is -0.0329.